The van der Waals surface area contributed by atoms with Crippen LogP contribution < -0.4 is 0 Å². The van der Waals surface area contributed by atoms with Crippen LogP contribution in [0.2, 0.25) is 0 Å². The van der Waals surface area contributed by atoms with E-state index in [1.807, 2.05) is 6.07 Å². The number of alkyl halides is 3. The molecule has 0 saturated heterocycles. The summed E-state index contributed by atoms with van der Waals surface area (Å²) in [6, 6.07) is 1.85. The van der Waals surface area contributed by atoms with Crippen LogP contribution in [0.3, 0.4) is 0 Å². The van der Waals surface area contributed by atoms with Gasteiger partial charge in [0.25, 0.3) is 0 Å². The number of aryl methyl sites for hydroxylation is 2. The minimum absolute atomic E-state index is 0.0122. The molecular formula is C11H12F3N3. The van der Waals surface area contributed by atoms with E-state index in [9.17, 15) is 13.2 Å². The van der Waals surface area contributed by atoms with E-state index in [0.717, 1.165) is 17.5 Å². The number of hydrogen-bond donors (Lipinski definition) is 0. The Morgan fingerprint density at radius 1 is 1.29 bits per heavy atom. The third-order valence-electron chi connectivity index (χ3n) is 2.93. The lowest BCUT2D eigenvalue weighted by atomic mass is 9.96. The zero-order valence-corrected chi connectivity index (χ0v) is 9.22. The first-order chi connectivity index (χ1) is 8.04. The normalized spacial score (nSPS) is 15.4. The molecule has 2 rings (SSSR count). The van der Waals surface area contributed by atoms with Gasteiger partial charge in [-0.25, -0.2) is 0 Å². The molecule has 0 unspecified atom stereocenters. The average Bonchev–Trinajstić information content (AvgIpc) is 2.63. The minimum atomic E-state index is -4.38. The van der Waals surface area contributed by atoms with E-state index < -0.39 is 11.9 Å². The van der Waals surface area contributed by atoms with E-state index in [0.29, 0.717) is 24.1 Å². The highest BCUT2D eigenvalue weighted by Crippen LogP contribution is 2.36. The van der Waals surface area contributed by atoms with E-state index in [1.165, 1.54) is 0 Å². The molecule has 1 aliphatic carbocycles. The monoisotopic (exact) mass is 243 g/mol. The Bertz CT molecular complexity index is 454. The van der Waals surface area contributed by atoms with Crippen molar-refractivity contribution in [3.8, 4) is 6.07 Å². The van der Waals surface area contributed by atoms with Gasteiger partial charge >= 0.3 is 6.18 Å². The van der Waals surface area contributed by atoms with Gasteiger partial charge in [-0.2, -0.15) is 23.5 Å². The molecule has 0 fully saturated rings. The van der Waals surface area contributed by atoms with Gasteiger partial charge in [-0.3, -0.25) is 4.68 Å². The number of halogens is 3. The second-order valence-electron chi connectivity index (χ2n) is 4.11. The first-order valence-corrected chi connectivity index (χ1v) is 5.56. The second kappa shape index (κ2) is 4.40. The molecule has 0 atom stereocenters. The number of nitriles is 1. The third-order valence-corrected chi connectivity index (χ3v) is 2.93. The van der Waals surface area contributed by atoms with Crippen LogP contribution in [-0.2, 0) is 25.6 Å². The van der Waals surface area contributed by atoms with Gasteiger partial charge in [-0.15, -0.1) is 0 Å². The first kappa shape index (κ1) is 12.0. The van der Waals surface area contributed by atoms with E-state index in [1.54, 1.807) is 0 Å². The zero-order chi connectivity index (χ0) is 12.5. The van der Waals surface area contributed by atoms with Crippen molar-refractivity contribution in [2.24, 2.45) is 0 Å². The van der Waals surface area contributed by atoms with Gasteiger partial charge in [0, 0.05) is 5.56 Å². The Kier molecular flexibility index (Phi) is 3.09. The largest absolute Gasteiger partial charge is 0.433 e. The van der Waals surface area contributed by atoms with Crippen molar-refractivity contribution in [3.05, 3.63) is 17.0 Å². The molecule has 0 bridgehead atoms. The number of nitrogens with zero attached hydrogens (tertiary/aromatic N) is 3. The lowest BCUT2D eigenvalue weighted by Crippen LogP contribution is -2.17. The minimum Gasteiger partial charge on any atom is -0.259 e. The van der Waals surface area contributed by atoms with Gasteiger partial charge in [0.1, 0.15) is 5.69 Å². The van der Waals surface area contributed by atoms with E-state index in [-0.39, 0.29) is 13.0 Å². The summed E-state index contributed by atoms with van der Waals surface area (Å²) < 4.78 is 39.8. The van der Waals surface area contributed by atoms with Crippen LogP contribution in [0.25, 0.3) is 0 Å². The molecule has 92 valence electrons. The molecule has 1 aromatic heterocycles. The lowest BCUT2D eigenvalue weighted by Gasteiger charge is -2.13. The Labute approximate surface area is 96.8 Å². The Hall–Kier alpha value is -1.51. The molecule has 1 heterocycles. The molecule has 3 nitrogen and oxygen atoms in total. The van der Waals surface area contributed by atoms with E-state index in [4.69, 9.17) is 5.26 Å². The maximum absolute atomic E-state index is 13.0. The van der Waals surface area contributed by atoms with Gasteiger partial charge in [0.15, 0.2) is 0 Å². The number of fused-ring (bicyclic) bond motifs is 1. The Morgan fingerprint density at radius 2 is 2.00 bits per heavy atom. The van der Waals surface area contributed by atoms with Crippen molar-refractivity contribution in [2.75, 3.05) is 0 Å². The summed E-state index contributed by atoms with van der Waals surface area (Å²) in [5.41, 5.74) is 0.241. The van der Waals surface area contributed by atoms with Crippen molar-refractivity contribution in [3.63, 3.8) is 0 Å². The number of hydrogen-bond acceptors (Lipinski definition) is 2. The highest BCUT2D eigenvalue weighted by molar-refractivity contribution is 5.30. The third kappa shape index (κ3) is 2.28. The summed E-state index contributed by atoms with van der Waals surface area (Å²) in [6.45, 7) is 0.0122. The van der Waals surface area contributed by atoms with Crippen molar-refractivity contribution in [1.82, 2.24) is 9.78 Å². The van der Waals surface area contributed by atoms with Gasteiger partial charge in [0.05, 0.1) is 24.7 Å². The van der Waals surface area contributed by atoms with Crippen LogP contribution in [0.5, 0.6) is 0 Å². The van der Waals surface area contributed by atoms with Gasteiger partial charge in [0.2, 0.25) is 0 Å². The highest BCUT2D eigenvalue weighted by atomic mass is 19.4. The van der Waals surface area contributed by atoms with Crippen LogP contribution >= 0.6 is 0 Å². The zero-order valence-electron chi connectivity index (χ0n) is 9.22. The fourth-order valence-corrected chi connectivity index (χ4v) is 2.24. The molecule has 6 heteroatoms. The topological polar surface area (TPSA) is 41.6 Å². The summed E-state index contributed by atoms with van der Waals surface area (Å²) in [6.07, 6.45) is -1.62. The Balaban J connectivity index is 2.44. The predicted octanol–water partition coefficient (Wildman–Crippen LogP) is 2.69. The van der Waals surface area contributed by atoms with Crippen molar-refractivity contribution in [1.29, 1.82) is 5.26 Å². The van der Waals surface area contributed by atoms with Crippen LogP contribution in [0.1, 0.15) is 36.2 Å². The summed E-state index contributed by atoms with van der Waals surface area (Å²) in [7, 11) is 0. The summed E-state index contributed by atoms with van der Waals surface area (Å²) >= 11 is 0. The van der Waals surface area contributed by atoms with Crippen LogP contribution in [-0.4, -0.2) is 9.78 Å². The number of aromatic nitrogens is 2. The lowest BCUT2D eigenvalue weighted by molar-refractivity contribution is -0.144. The second-order valence-corrected chi connectivity index (χ2v) is 4.11. The molecule has 0 spiro atoms. The average molecular weight is 243 g/mol. The SMILES string of the molecule is N#CCCn1nc2c(c1C(F)(F)F)CCCC2. The maximum Gasteiger partial charge on any atom is 0.433 e. The van der Waals surface area contributed by atoms with Crippen LogP contribution in [0, 0.1) is 11.3 Å². The highest BCUT2D eigenvalue weighted by Gasteiger charge is 2.39. The fraction of sp³-hybridized carbons (Fsp3) is 0.636. The van der Waals surface area contributed by atoms with Crippen LogP contribution in [0.15, 0.2) is 0 Å². The van der Waals surface area contributed by atoms with Crippen molar-refractivity contribution >= 4 is 0 Å². The quantitative estimate of drug-likeness (QED) is 0.801. The van der Waals surface area contributed by atoms with Gasteiger partial charge in [-0.1, -0.05) is 0 Å². The van der Waals surface area contributed by atoms with Gasteiger partial charge < -0.3 is 0 Å². The number of rotatable bonds is 2. The molecule has 0 aromatic carbocycles. The standard InChI is InChI=1S/C11H12F3N3/c12-11(13,14)10-8-4-1-2-5-9(8)16-17(10)7-3-6-15/h1-5,7H2. The van der Waals surface area contributed by atoms with Crippen molar-refractivity contribution < 1.29 is 13.2 Å². The van der Waals surface area contributed by atoms with E-state index >= 15 is 0 Å². The molecule has 1 aliphatic rings. The van der Waals surface area contributed by atoms with E-state index in [2.05, 4.69) is 5.10 Å². The summed E-state index contributed by atoms with van der Waals surface area (Å²) in [4.78, 5) is 0. The smallest absolute Gasteiger partial charge is 0.259 e. The molecule has 0 N–H and O–H groups in total. The van der Waals surface area contributed by atoms with Crippen molar-refractivity contribution in [2.45, 2.75) is 44.8 Å². The van der Waals surface area contributed by atoms with Crippen LogP contribution in [0.4, 0.5) is 13.2 Å². The maximum atomic E-state index is 13.0. The molecule has 0 amide bonds. The molecule has 17 heavy (non-hydrogen) atoms. The predicted molar refractivity (Wildman–Crippen MR) is 54.1 cm³/mol. The summed E-state index contributed by atoms with van der Waals surface area (Å²) in [5, 5.41) is 12.5. The molecule has 0 saturated carbocycles. The summed E-state index contributed by atoms with van der Waals surface area (Å²) in [5.74, 6) is 0. The molecule has 1 aromatic rings. The fourth-order valence-electron chi connectivity index (χ4n) is 2.24. The first-order valence-electron chi connectivity index (χ1n) is 5.56. The molecule has 0 radical (unpaired) electrons. The molecular weight excluding hydrogens is 231 g/mol. The van der Waals surface area contributed by atoms with Gasteiger partial charge in [-0.05, 0) is 25.7 Å². The molecule has 0 aliphatic heterocycles. The Morgan fingerprint density at radius 3 is 2.65 bits per heavy atom.